The first-order valence-corrected chi connectivity index (χ1v) is 7.52. The van der Waals surface area contributed by atoms with Gasteiger partial charge in [0.1, 0.15) is 6.54 Å². The van der Waals surface area contributed by atoms with Gasteiger partial charge in [-0.05, 0) is 39.0 Å². The molecule has 0 aromatic heterocycles. The molecule has 6 nitrogen and oxygen atoms in total. The Morgan fingerprint density at radius 3 is 2.33 bits per heavy atom. The molecule has 0 amide bonds. The Bertz CT molecular complexity index is 636. The summed E-state index contributed by atoms with van der Waals surface area (Å²) in [4.78, 5) is 10.6. The highest BCUT2D eigenvalue weighted by atomic mass is 32.2. The van der Waals surface area contributed by atoms with Gasteiger partial charge in [-0.1, -0.05) is 0 Å². The number of carboxylic acids is 1. The summed E-state index contributed by atoms with van der Waals surface area (Å²) in [6.07, 6.45) is 0. The van der Waals surface area contributed by atoms with E-state index in [2.05, 4.69) is 0 Å². The molecule has 0 spiro atoms. The van der Waals surface area contributed by atoms with Crippen molar-refractivity contribution in [2.75, 3.05) is 13.7 Å². The van der Waals surface area contributed by atoms with E-state index in [1.165, 1.54) is 19.2 Å². The van der Waals surface area contributed by atoms with Crippen molar-refractivity contribution in [2.45, 2.75) is 31.2 Å². The monoisotopic (exact) mass is 319 g/mol. The van der Waals surface area contributed by atoms with Gasteiger partial charge in [0.15, 0.2) is 11.6 Å². The average molecular weight is 319 g/mol. The Balaban J connectivity index is 3.35. The van der Waals surface area contributed by atoms with E-state index in [0.29, 0.717) is 0 Å². The zero-order valence-electron chi connectivity index (χ0n) is 12.3. The summed E-state index contributed by atoms with van der Waals surface area (Å²) in [5.74, 6) is -2.21. The molecule has 118 valence electrons. The van der Waals surface area contributed by atoms with Crippen LogP contribution >= 0.6 is 0 Å². The van der Waals surface area contributed by atoms with Gasteiger partial charge < -0.3 is 9.84 Å². The molecule has 0 saturated carbocycles. The first-order chi connectivity index (χ1) is 9.50. The second kappa shape index (κ2) is 5.98. The van der Waals surface area contributed by atoms with Crippen molar-refractivity contribution in [1.29, 1.82) is 0 Å². The fourth-order valence-corrected chi connectivity index (χ4v) is 3.49. The van der Waals surface area contributed by atoms with Gasteiger partial charge in [-0.25, -0.2) is 12.8 Å². The lowest BCUT2D eigenvalue weighted by Gasteiger charge is -2.33. The molecule has 0 heterocycles. The van der Waals surface area contributed by atoms with E-state index in [1.54, 1.807) is 20.8 Å². The zero-order chi connectivity index (χ0) is 16.4. The normalized spacial score (nSPS) is 12.5. The Labute approximate surface area is 123 Å². The fourth-order valence-electron chi connectivity index (χ4n) is 1.74. The van der Waals surface area contributed by atoms with E-state index in [4.69, 9.17) is 9.84 Å². The summed E-state index contributed by atoms with van der Waals surface area (Å²) in [5.41, 5.74) is -0.965. The number of ether oxygens (including phenoxy) is 1. The summed E-state index contributed by atoms with van der Waals surface area (Å²) < 4.78 is 44.3. The molecule has 0 radical (unpaired) electrons. The van der Waals surface area contributed by atoms with Gasteiger partial charge in [0, 0.05) is 5.54 Å². The third-order valence-electron chi connectivity index (χ3n) is 2.74. The second-order valence-electron chi connectivity index (χ2n) is 5.37. The van der Waals surface area contributed by atoms with Crippen molar-refractivity contribution in [1.82, 2.24) is 4.31 Å². The lowest BCUT2D eigenvalue weighted by atomic mass is 10.1. The molecule has 8 heteroatoms. The van der Waals surface area contributed by atoms with Crippen molar-refractivity contribution >= 4 is 16.0 Å². The smallest absolute Gasteiger partial charge is 0.318 e. The van der Waals surface area contributed by atoms with E-state index < -0.39 is 33.9 Å². The quantitative estimate of drug-likeness (QED) is 0.893. The molecule has 1 aromatic rings. The van der Waals surface area contributed by atoms with E-state index in [1.807, 2.05) is 0 Å². The molecule has 0 aliphatic heterocycles. The maximum atomic E-state index is 13.7. The Kier molecular flexibility index (Phi) is 4.95. The van der Waals surface area contributed by atoms with Crippen LogP contribution in [0.15, 0.2) is 23.1 Å². The van der Waals surface area contributed by atoms with Gasteiger partial charge in [0.25, 0.3) is 0 Å². The third kappa shape index (κ3) is 3.92. The van der Waals surface area contributed by atoms with E-state index >= 15 is 0 Å². The molecule has 0 saturated heterocycles. The SMILES string of the molecule is COc1ccc(S(=O)(=O)N(CC(=O)O)C(C)(C)C)cc1F. The van der Waals surface area contributed by atoms with E-state index in [9.17, 15) is 17.6 Å². The highest BCUT2D eigenvalue weighted by Gasteiger charge is 2.36. The van der Waals surface area contributed by atoms with Gasteiger partial charge in [-0.3, -0.25) is 4.79 Å². The molecule has 0 fully saturated rings. The topological polar surface area (TPSA) is 83.9 Å². The average Bonchev–Trinajstić information content (AvgIpc) is 2.34. The molecule has 0 aliphatic carbocycles. The lowest BCUT2D eigenvalue weighted by Crippen LogP contribution is -2.48. The van der Waals surface area contributed by atoms with Crippen LogP contribution in [0.2, 0.25) is 0 Å². The predicted molar refractivity (Wildman–Crippen MR) is 74.2 cm³/mol. The number of aliphatic carboxylic acids is 1. The number of sulfonamides is 1. The number of hydrogen-bond acceptors (Lipinski definition) is 4. The number of rotatable bonds is 5. The summed E-state index contributed by atoms with van der Waals surface area (Å²) >= 11 is 0. The van der Waals surface area contributed by atoms with Gasteiger partial charge in [0.2, 0.25) is 10.0 Å². The van der Waals surface area contributed by atoms with Crippen molar-refractivity contribution in [3.05, 3.63) is 24.0 Å². The summed E-state index contributed by atoms with van der Waals surface area (Å²) in [6.45, 7) is 3.98. The van der Waals surface area contributed by atoms with Crippen molar-refractivity contribution < 1.29 is 27.4 Å². The molecule has 21 heavy (non-hydrogen) atoms. The maximum absolute atomic E-state index is 13.7. The van der Waals surface area contributed by atoms with Crippen molar-refractivity contribution in [2.24, 2.45) is 0 Å². The molecule has 1 N–H and O–H groups in total. The van der Waals surface area contributed by atoms with Gasteiger partial charge in [-0.2, -0.15) is 4.31 Å². The standard InChI is InChI=1S/C13H18FNO5S/c1-13(2,3)15(8-12(16)17)21(18,19)9-5-6-11(20-4)10(14)7-9/h5-7H,8H2,1-4H3,(H,16,17). The van der Waals surface area contributed by atoms with Crippen LogP contribution in [0.5, 0.6) is 5.75 Å². The highest BCUT2D eigenvalue weighted by molar-refractivity contribution is 7.89. The van der Waals surface area contributed by atoms with Gasteiger partial charge in [-0.15, -0.1) is 0 Å². The van der Waals surface area contributed by atoms with E-state index in [-0.39, 0.29) is 10.6 Å². The predicted octanol–water partition coefficient (Wildman–Crippen LogP) is 1.71. The number of halogens is 1. The van der Waals surface area contributed by atoms with Gasteiger partial charge in [0.05, 0.1) is 12.0 Å². The first-order valence-electron chi connectivity index (χ1n) is 6.08. The van der Waals surface area contributed by atoms with Crippen LogP contribution in [0.1, 0.15) is 20.8 Å². The molecular weight excluding hydrogens is 301 g/mol. The molecule has 0 bridgehead atoms. The molecule has 0 atom stereocenters. The van der Waals surface area contributed by atoms with Gasteiger partial charge >= 0.3 is 5.97 Å². The lowest BCUT2D eigenvalue weighted by molar-refractivity contribution is -0.138. The maximum Gasteiger partial charge on any atom is 0.318 e. The first kappa shape index (κ1) is 17.4. The van der Waals surface area contributed by atoms with Crippen LogP contribution in [0.25, 0.3) is 0 Å². The zero-order valence-corrected chi connectivity index (χ0v) is 13.1. The number of nitrogens with zero attached hydrogens (tertiary/aromatic N) is 1. The van der Waals surface area contributed by atoms with Crippen LogP contribution in [0.3, 0.4) is 0 Å². The van der Waals surface area contributed by atoms with Crippen molar-refractivity contribution in [3.8, 4) is 5.75 Å². The molecule has 1 aromatic carbocycles. The molecule has 0 aliphatic rings. The van der Waals surface area contributed by atoms with Crippen LogP contribution in [0, 0.1) is 5.82 Å². The molecular formula is C13H18FNO5S. The number of carboxylic acid groups (broad SMARTS) is 1. The third-order valence-corrected chi connectivity index (χ3v) is 4.85. The second-order valence-corrected chi connectivity index (χ2v) is 7.23. The van der Waals surface area contributed by atoms with Crippen LogP contribution in [-0.2, 0) is 14.8 Å². The Morgan fingerprint density at radius 2 is 1.95 bits per heavy atom. The number of benzene rings is 1. The highest BCUT2D eigenvalue weighted by Crippen LogP contribution is 2.27. The summed E-state index contributed by atoms with van der Waals surface area (Å²) in [6, 6.07) is 3.18. The Hall–Kier alpha value is -1.67. The minimum atomic E-state index is -4.14. The van der Waals surface area contributed by atoms with Crippen LogP contribution < -0.4 is 4.74 Å². The van der Waals surface area contributed by atoms with E-state index in [0.717, 1.165) is 10.4 Å². The Morgan fingerprint density at radius 1 is 1.38 bits per heavy atom. The van der Waals surface area contributed by atoms with Crippen molar-refractivity contribution in [3.63, 3.8) is 0 Å². The summed E-state index contributed by atoms with van der Waals surface area (Å²) in [5, 5.41) is 8.89. The molecule has 1 rings (SSSR count). The van der Waals surface area contributed by atoms with Crippen LogP contribution in [-0.4, -0.2) is 43.0 Å². The fraction of sp³-hybridized carbons (Fsp3) is 0.462. The summed E-state index contributed by atoms with van der Waals surface area (Å²) in [7, 11) is -2.88. The minimum Gasteiger partial charge on any atom is -0.494 e. The minimum absolute atomic E-state index is 0.0884. The number of carbonyl (C=O) groups is 1. The van der Waals surface area contributed by atoms with Crippen LogP contribution in [0.4, 0.5) is 4.39 Å². The molecule has 0 unspecified atom stereocenters. The largest absolute Gasteiger partial charge is 0.494 e. The number of hydrogen-bond donors (Lipinski definition) is 1. The number of methoxy groups -OCH3 is 1.